The van der Waals surface area contributed by atoms with Crippen LogP contribution in [0.4, 0.5) is 4.39 Å². The zero-order valence-corrected chi connectivity index (χ0v) is 13.8. The molecule has 24 heavy (non-hydrogen) atoms. The molecule has 1 atom stereocenters. The molecule has 0 bridgehead atoms. The van der Waals surface area contributed by atoms with Crippen LogP contribution in [0, 0.1) is 12.7 Å². The number of thioether (sulfide) groups is 1. The molecule has 1 N–H and O–H groups in total. The Hall–Kier alpha value is -2.34. The van der Waals surface area contributed by atoms with Gasteiger partial charge in [-0.05, 0) is 41.8 Å². The number of carbonyl (C=O) groups is 2. The predicted molar refractivity (Wildman–Crippen MR) is 90.3 cm³/mol. The first-order chi connectivity index (χ1) is 11.5. The molecule has 0 aromatic heterocycles. The Kier molecular flexibility index (Phi) is 4.57. The first-order valence-electron chi connectivity index (χ1n) is 7.45. The largest absolute Gasteiger partial charge is 0.478 e. The maximum absolute atomic E-state index is 13.1. The van der Waals surface area contributed by atoms with Gasteiger partial charge < -0.3 is 10.0 Å². The summed E-state index contributed by atoms with van der Waals surface area (Å²) in [6, 6.07) is 11.1. The van der Waals surface area contributed by atoms with E-state index in [0.29, 0.717) is 11.3 Å². The third-order valence-electron chi connectivity index (χ3n) is 4.09. The molecule has 6 heteroatoms. The fourth-order valence-corrected chi connectivity index (χ4v) is 4.00. The number of carboxylic acids is 1. The smallest absolute Gasteiger partial charge is 0.336 e. The van der Waals surface area contributed by atoms with E-state index in [1.165, 1.54) is 23.9 Å². The Balaban J connectivity index is 1.94. The Morgan fingerprint density at radius 1 is 1.29 bits per heavy atom. The van der Waals surface area contributed by atoms with Crippen LogP contribution in [0.25, 0.3) is 0 Å². The highest BCUT2D eigenvalue weighted by Crippen LogP contribution is 2.40. The lowest BCUT2D eigenvalue weighted by atomic mass is 10.0. The van der Waals surface area contributed by atoms with Crippen LogP contribution in [-0.4, -0.2) is 27.6 Å². The molecule has 0 spiro atoms. The number of carbonyl (C=O) groups excluding carboxylic acids is 1. The number of nitrogens with zero attached hydrogens (tertiary/aromatic N) is 1. The lowest BCUT2D eigenvalue weighted by molar-refractivity contribution is -0.128. The van der Waals surface area contributed by atoms with Crippen LogP contribution in [-0.2, 0) is 11.3 Å². The van der Waals surface area contributed by atoms with Crippen molar-refractivity contribution in [2.24, 2.45) is 0 Å². The van der Waals surface area contributed by atoms with E-state index in [1.807, 2.05) is 13.0 Å². The first-order valence-corrected chi connectivity index (χ1v) is 8.50. The minimum absolute atomic E-state index is 0.0473. The van der Waals surface area contributed by atoms with Gasteiger partial charge in [0.05, 0.1) is 11.3 Å². The number of amides is 1. The Bertz CT molecular complexity index is 791. The van der Waals surface area contributed by atoms with Crippen LogP contribution in [0.2, 0.25) is 0 Å². The van der Waals surface area contributed by atoms with Gasteiger partial charge in [0, 0.05) is 6.54 Å². The molecule has 1 unspecified atom stereocenters. The molecule has 0 saturated carbocycles. The quantitative estimate of drug-likeness (QED) is 0.920. The van der Waals surface area contributed by atoms with Gasteiger partial charge in [-0.1, -0.05) is 24.3 Å². The van der Waals surface area contributed by atoms with Crippen molar-refractivity contribution in [3.8, 4) is 0 Å². The molecule has 1 amide bonds. The summed E-state index contributed by atoms with van der Waals surface area (Å²) in [4.78, 5) is 25.4. The van der Waals surface area contributed by atoms with Crippen molar-refractivity contribution in [2.45, 2.75) is 18.8 Å². The molecule has 1 aliphatic heterocycles. The fourth-order valence-electron chi connectivity index (χ4n) is 2.81. The van der Waals surface area contributed by atoms with Crippen LogP contribution in [0.15, 0.2) is 42.5 Å². The SMILES string of the molecule is Cc1cccc(C(=O)O)c1CN1C(=O)CSC1c1ccc(F)cc1. The van der Waals surface area contributed by atoms with Gasteiger partial charge in [-0.25, -0.2) is 9.18 Å². The first kappa shape index (κ1) is 16.5. The van der Waals surface area contributed by atoms with Crippen LogP contribution < -0.4 is 0 Å². The summed E-state index contributed by atoms with van der Waals surface area (Å²) in [6.45, 7) is 2.06. The van der Waals surface area contributed by atoms with E-state index in [2.05, 4.69) is 0 Å². The van der Waals surface area contributed by atoms with Crippen molar-refractivity contribution < 1.29 is 19.1 Å². The number of aromatic carboxylic acids is 1. The number of aryl methyl sites for hydroxylation is 1. The molecule has 4 nitrogen and oxygen atoms in total. The second-order valence-electron chi connectivity index (χ2n) is 5.64. The van der Waals surface area contributed by atoms with Gasteiger partial charge in [-0.3, -0.25) is 4.79 Å². The molecular weight excluding hydrogens is 329 g/mol. The molecule has 1 heterocycles. The highest BCUT2D eigenvalue weighted by Gasteiger charge is 2.33. The lowest BCUT2D eigenvalue weighted by Crippen LogP contribution is -2.29. The van der Waals surface area contributed by atoms with E-state index in [9.17, 15) is 19.1 Å². The minimum Gasteiger partial charge on any atom is -0.478 e. The summed E-state index contributed by atoms with van der Waals surface area (Å²) < 4.78 is 13.1. The molecule has 1 fully saturated rings. The van der Waals surface area contributed by atoms with Crippen LogP contribution in [0.3, 0.4) is 0 Å². The van der Waals surface area contributed by atoms with Crippen molar-refractivity contribution in [1.29, 1.82) is 0 Å². The number of carboxylic acid groups (broad SMARTS) is 1. The second-order valence-corrected chi connectivity index (χ2v) is 6.71. The van der Waals surface area contributed by atoms with Gasteiger partial charge in [-0.2, -0.15) is 0 Å². The van der Waals surface area contributed by atoms with E-state index in [0.717, 1.165) is 11.1 Å². The van der Waals surface area contributed by atoms with E-state index in [1.54, 1.807) is 29.2 Å². The number of hydrogen-bond acceptors (Lipinski definition) is 3. The van der Waals surface area contributed by atoms with Gasteiger partial charge in [0.25, 0.3) is 0 Å². The standard InChI is InChI=1S/C18H16FNO3S/c1-11-3-2-4-14(18(22)23)15(11)9-20-16(21)10-24-17(20)12-5-7-13(19)8-6-12/h2-8,17H,9-10H2,1H3,(H,22,23). The van der Waals surface area contributed by atoms with Crippen molar-refractivity contribution in [2.75, 3.05) is 5.75 Å². The Morgan fingerprint density at radius 3 is 2.67 bits per heavy atom. The van der Waals surface area contributed by atoms with Gasteiger partial charge in [0.2, 0.25) is 5.91 Å². The molecule has 0 aliphatic carbocycles. The van der Waals surface area contributed by atoms with E-state index in [-0.39, 0.29) is 29.2 Å². The van der Waals surface area contributed by atoms with Crippen molar-refractivity contribution in [1.82, 2.24) is 4.90 Å². The van der Waals surface area contributed by atoms with Crippen LogP contribution >= 0.6 is 11.8 Å². The maximum atomic E-state index is 13.1. The van der Waals surface area contributed by atoms with E-state index >= 15 is 0 Å². The molecule has 2 aromatic rings. The highest BCUT2D eigenvalue weighted by molar-refractivity contribution is 8.00. The van der Waals surface area contributed by atoms with Crippen LogP contribution in [0.1, 0.15) is 32.4 Å². The Morgan fingerprint density at radius 2 is 2.00 bits per heavy atom. The van der Waals surface area contributed by atoms with Crippen LogP contribution in [0.5, 0.6) is 0 Å². The normalized spacial score (nSPS) is 17.3. The maximum Gasteiger partial charge on any atom is 0.336 e. The highest BCUT2D eigenvalue weighted by atomic mass is 32.2. The van der Waals surface area contributed by atoms with Gasteiger partial charge in [0.15, 0.2) is 0 Å². The predicted octanol–water partition coefficient (Wildman–Crippen LogP) is 3.61. The molecule has 1 saturated heterocycles. The summed E-state index contributed by atoms with van der Waals surface area (Å²) in [5.74, 6) is -1.05. The molecule has 2 aromatic carbocycles. The molecule has 3 rings (SSSR count). The fraction of sp³-hybridized carbons (Fsp3) is 0.222. The molecule has 124 valence electrons. The number of rotatable bonds is 4. The zero-order chi connectivity index (χ0) is 17.3. The molecular formula is C18H16FNO3S. The minimum atomic E-state index is -1.01. The summed E-state index contributed by atoms with van der Waals surface area (Å²) in [5.41, 5.74) is 2.50. The average molecular weight is 345 g/mol. The summed E-state index contributed by atoms with van der Waals surface area (Å²) in [7, 11) is 0. The zero-order valence-electron chi connectivity index (χ0n) is 13.0. The van der Waals surface area contributed by atoms with Crippen molar-refractivity contribution in [3.05, 3.63) is 70.5 Å². The third kappa shape index (κ3) is 3.14. The van der Waals surface area contributed by atoms with Crippen molar-refractivity contribution >= 4 is 23.6 Å². The number of benzene rings is 2. The van der Waals surface area contributed by atoms with E-state index < -0.39 is 5.97 Å². The molecule has 0 radical (unpaired) electrons. The summed E-state index contributed by atoms with van der Waals surface area (Å²) in [6.07, 6.45) is 0. The monoisotopic (exact) mass is 345 g/mol. The molecule has 1 aliphatic rings. The summed E-state index contributed by atoms with van der Waals surface area (Å²) in [5, 5.41) is 9.16. The van der Waals surface area contributed by atoms with Crippen molar-refractivity contribution in [3.63, 3.8) is 0 Å². The third-order valence-corrected chi connectivity index (χ3v) is 5.35. The number of halogens is 1. The average Bonchev–Trinajstić information content (AvgIpc) is 2.91. The topological polar surface area (TPSA) is 57.6 Å². The van der Waals surface area contributed by atoms with Gasteiger partial charge in [0.1, 0.15) is 11.2 Å². The lowest BCUT2D eigenvalue weighted by Gasteiger charge is -2.25. The summed E-state index contributed by atoms with van der Waals surface area (Å²) >= 11 is 1.46. The number of hydrogen-bond donors (Lipinski definition) is 1. The van der Waals surface area contributed by atoms with Gasteiger partial charge in [-0.15, -0.1) is 11.8 Å². The second kappa shape index (κ2) is 6.65. The van der Waals surface area contributed by atoms with Gasteiger partial charge >= 0.3 is 5.97 Å². The Labute approximate surface area is 143 Å². The van der Waals surface area contributed by atoms with E-state index in [4.69, 9.17) is 0 Å².